The summed E-state index contributed by atoms with van der Waals surface area (Å²) in [7, 11) is -1.98. The van der Waals surface area contributed by atoms with Crippen molar-refractivity contribution in [2.75, 3.05) is 12.8 Å². The number of benzene rings is 1. The molecule has 0 spiro atoms. The van der Waals surface area contributed by atoms with E-state index >= 15 is 0 Å². The van der Waals surface area contributed by atoms with Crippen molar-refractivity contribution in [2.45, 2.75) is 35.8 Å². The van der Waals surface area contributed by atoms with E-state index < -0.39 is 15.1 Å². The van der Waals surface area contributed by atoms with Gasteiger partial charge in [-0.1, -0.05) is 0 Å². The lowest BCUT2D eigenvalue weighted by molar-refractivity contribution is -0.146. The van der Waals surface area contributed by atoms with Crippen molar-refractivity contribution in [3.63, 3.8) is 0 Å². The molecule has 5 nitrogen and oxygen atoms in total. The Kier molecular flexibility index (Phi) is 4.32. The Labute approximate surface area is 119 Å². The number of ether oxygens (including phenoxy) is 1. The molecule has 6 heteroatoms. The summed E-state index contributed by atoms with van der Waals surface area (Å²) >= 11 is 0. The van der Waals surface area contributed by atoms with Gasteiger partial charge in [0, 0.05) is 5.69 Å². The van der Waals surface area contributed by atoms with Crippen molar-refractivity contribution in [1.82, 2.24) is 0 Å². The highest BCUT2D eigenvalue weighted by atomic mass is 32.2. The molecule has 2 N–H and O–H groups in total. The van der Waals surface area contributed by atoms with Gasteiger partial charge in [0.1, 0.15) is 0 Å². The predicted molar refractivity (Wildman–Crippen MR) is 75.8 cm³/mol. The van der Waals surface area contributed by atoms with Crippen LogP contribution in [-0.4, -0.2) is 26.7 Å². The van der Waals surface area contributed by atoms with E-state index in [0.29, 0.717) is 36.3 Å². The molecule has 1 aliphatic rings. The van der Waals surface area contributed by atoms with E-state index in [1.54, 1.807) is 12.1 Å². The lowest BCUT2D eigenvalue weighted by Gasteiger charge is -2.26. The van der Waals surface area contributed by atoms with E-state index in [-0.39, 0.29) is 11.9 Å². The van der Waals surface area contributed by atoms with Gasteiger partial charge in [-0.05, 0) is 49.9 Å². The van der Waals surface area contributed by atoms with E-state index in [1.165, 1.54) is 19.2 Å². The van der Waals surface area contributed by atoms with Gasteiger partial charge in [-0.15, -0.1) is 0 Å². The van der Waals surface area contributed by atoms with Gasteiger partial charge in [-0.3, -0.25) is 4.79 Å². The molecule has 0 amide bonds. The van der Waals surface area contributed by atoms with E-state index in [4.69, 9.17) is 10.5 Å². The van der Waals surface area contributed by atoms with Crippen LogP contribution in [0, 0.1) is 5.92 Å². The average Bonchev–Trinajstić information content (AvgIpc) is 2.47. The standard InChI is InChI=1S/C14H19NO4S/c1-19-14(16)10-2-6-12(7-3-10)20(17,18)13-8-4-11(15)5-9-13/h4-5,8-10,12H,2-3,6-7,15H2,1H3. The molecule has 2 rings (SSSR count). The number of hydrogen-bond donors (Lipinski definition) is 1. The molecule has 1 saturated carbocycles. The summed E-state index contributed by atoms with van der Waals surface area (Å²) in [5, 5.41) is -0.424. The first-order valence-electron chi connectivity index (χ1n) is 6.62. The zero-order chi connectivity index (χ0) is 14.8. The normalized spacial score (nSPS) is 23.2. The number of methoxy groups -OCH3 is 1. The largest absolute Gasteiger partial charge is 0.469 e. The molecule has 1 fully saturated rings. The van der Waals surface area contributed by atoms with E-state index in [1.807, 2.05) is 0 Å². The minimum absolute atomic E-state index is 0.169. The lowest BCUT2D eigenvalue weighted by Crippen LogP contribution is -2.30. The molecule has 0 aliphatic heterocycles. The van der Waals surface area contributed by atoms with Gasteiger partial charge in [-0.25, -0.2) is 8.42 Å². The van der Waals surface area contributed by atoms with Crippen LogP contribution in [0.2, 0.25) is 0 Å². The third-order valence-electron chi connectivity index (χ3n) is 3.86. The molecule has 0 aromatic heterocycles. The maximum absolute atomic E-state index is 12.5. The predicted octanol–water partition coefficient (Wildman–Crippen LogP) is 1.77. The number of sulfone groups is 1. The van der Waals surface area contributed by atoms with Gasteiger partial charge in [0.05, 0.1) is 23.2 Å². The van der Waals surface area contributed by atoms with Gasteiger partial charge in [-0.2, -0.15) is 0 Å². The number of carbonyl (C=O) groups is 1. The number of rotatable bonds is 3. The molecule has 1 aliphatic carbocycles. The first-order chi connectivity index (χ1) is 9.45. The number of anilines is 1. The van der Waals surface area contributed by atoms with Crippen molar-refractivity contribution >= 4 is 21.5 Å². The smallest absolute Gasteiger partial charge is 0.308 e. The fraction of sp³-hybridized carbons (Fsp3) is 0.500. The Morgan fingerprint density at radius 3 is 2.20 bits per heavy atom. The zero-order valence-electron chi connectivity index (χ0n) is 11.4. The second-order valence-electron chi connectivity index (χ2n) is 5.11. The van der Waals surface area contributed by atoms with Crippen molar-refractivity contribution in [3.8, 4) is 0 Å². The minimum atomic E-state index is -3.34. The quantitative estimate of drug-likeness (QED) is 0.679. The minimum Gasteiger partial charge on any atom is -0.469 e. The first kappa shape index (κ1) is 14.8. The summed E-state index contributed by atoms with van der Waals surface area (Å²) < 4.78 is 29.7. The summed E-state index contributed by atoms with van der Waals surface area (Å²) in [6.07, 6.45) is 2.11. The molecule has 20 heavy (non-hydrogen) atoms. The van der Waals surface area contributed by atoms with Crippen LogP contribution < -0.4 is 5.73 Å². The SMILES string of the molecule is COC(=O)C1CCC(S(=O)(=O)c2ccc(N)cc2)CC1. The Hall–Kier alpha value is -1.56. The number of carbonyl (C=O) groups excluding carboxylic acids is 1. The zero-order valence-corrected chi connectivity index (χ0v) is 12.2. The summed E-state index contributed by atoms with van der Waals surface area (Å²) in [4.78, 5) is 11.7. The maximum atomic E-state index is 12.5. The second kappa shape index (κ2) is 5.83. The highest BCUT2D eigenvalue weighted by molar-refractivity contribution is 7.92. The number of nitrogen functional groups attached to an aromatic ring is 1. The molecule has 0 heterocycles. The number of esters is 1. The Morgan fingerprint density at radius 1 is 1.15 bits per heavy atom. The highest BCUT2D eigenvalue weighted by Crippen LogP contribution is 2.32. The number of nitrogens with two attached hydrogens (primary N) is 1. The molecule has 1 aromatic carbocycles. The Balaban J connectivity index is 2.09. The number of hydrogen-bond acceptors (Lipinski definition) is 5. The summed E-state index contributed by atoms with van der Waals surface area (Å²) in [6, 6.07) is 6.26. The Bertz CT molecular complexity index is 572. The molecule has 1 aromatic rings. The van der Waals surface area contributed by atoms with Crippen molar-refractivity contribution in [2.24, 2.45) is 5.92 Å². The van der Waals surface area contributed by atoms with Crippen molar-refractivity contribution in [3.05, 3.63) is 24.3 Å². The summed E-state index contributed by atoms with van der Waals surface area (Å²) in [5.41, 5.74) is 6.11. The fourth-order valence-corrected chi connectivity index (χ4v) is 4.42. The molecule has 0 atom stereocenters. The molecular formula is C14H19NO4S. The van der Waals surface area contributed by atoms with Crippen LogP contribution in [0.15, 0.2) is 29.2 Å². The van der Waals surface area contributed by atoms with Gasteiger partial charge >= 0.3 is 5.97 Å². The lowest BCUT2D eigenvalue weighted by atomic mass is 9.89. The van der Waals surface area contributed by atoms with Crippen LogP contribution in [0.25, 0.3) is 0 Å². The van der Waals surface area contributed by atoms with Crippen molar-refractivity contribution in [1.29, 1.82) is 0 Å². The maximum Gasteiger partial charge on any atom is 0.308 e. The summed E-state index contributed by atoms with van der Waals surface area (Å²) in [6.45, 7) is 0. The monoisotopic (exact) mass is 297 g/mol. The van der Waals surface area contributed by atoms with Gasteiger partial charge in [0.2, 0.25) is 0 Å². The average molecular weight is 297 g/mol. The molecule has 0 radical (unpaired) electrons. The molecule has 110 valence electrons. The van der Waals surface area contributed by atoms with E-state index in [0.717, 1.165) is 0 Å². The molecular weight excluding hydrogens is 278 g/mol. The van der Waals surface area contributed by atoms with Crippen LogP contribution in [0.4, 0.5) is 5.69 Å². The van der Waals surface area contributed by atoms with Gasteiger partial charge in [0.25, 0.3) is 0 Å². The topological polar surface area (TPSA) is 86.5 Å². The van der Waals surface area contributed by atoms with Gasteiger partial charge < -0.3 is 10.5 Å². The van der Waals surface area contributed by atoms with Crippen LogP contribution in [-0.2, 0) is 19.4 Å². The highest BCUT2D eigenvalue weighted by Gasteiger charge is 2.34. The molecule has 0 bridgehead atoms. The third-order valence-corrected chi connectivity index (χ3v) is 6.13. The van der Waals surface area contributed by atoms with E-state index in [2.05, 4.69) is 0 Å². The summed E-state index contributed by atoms with van der Waals surface area (Å²) in [5.74, 6) is -0.411. The van der Waals surface area contributed by atoms with Crippen molar-refractivity contribution < 1.29 is 17.9 Å². The van der Waals surface area contributed by atoms with Crippen LogP contribution >= 0.6 is 0 Å². The second-order valence-corrected chi connectivity index (χ2v) is 7.34. The Morgan fingerprint density at radius 2 is 1.70 bits per heavy atom. The van der Waals surface area contributed by atoms with Crippen LogP contribution in [0.3, 0.4) is 0 Å². The van der Waals surface area contributed by atoms with E-state index in [9.17, 15) is 13.2 Å². The molecule has 0 saturated heterocycles. The van der Waals surface area contributed by atoms with Gasteiger partial charge in [0.15, 0.2) is 9.84 Å². The fourth-order valence-electron chi connectivity index (χ4n) is 2.63. The van der Waals surface area contributed by atoms with Crippen LogP contribution in [0.5, 0.6) is 0 Å². The third kappa shape index (κ3) is 2.95. The van der Waals surface area contributed by atoms with Crippen LogP contribution in [0.1, 0.15) is 25.7 Å². The first-order valence-corrected chi connectivity index (χ1v) is 8.17. The molecule has 0 unspecified atom stereocenters.